The maximum absolute atomic E-state index is 7.85. The van der Waals surface area contributed by atoms with Crippen molar-refractivity contribution in [2.24, 2.45) is 0 Å². The molecule has 0 radical (unpaired) electrons. The lowest BCUT2D eigenvalue weighted by Crippen LogP contribution is -2.61. The van der Waals surface area contributed by atoms with E-state index < -0.39 is 67.4 Å². The maximum Gasteiger partial charge on any atom is 0.262 e. The number of hydrogen-bond acceptors (Lipinski definition) is 15. The lowest BCUT2D eigenvalue weighted by molar-refractivity contribution is -0.335. The van der Waals surface area contributed by atoms with Crippen molar-refractivity contribution < 1.29 is 55.6 Å². The summed E-state index contributed by atoms with van der Waals surface area (Å²) in [5.74, 6) is -0.223. The summed E-state index contributed by atoms with van der Waals surface area (Å²) in [4.78, 5) is 0. The number of nitrogens with zero attached hydrogens (tertiary/aromatic N) is 3. The first-order valence-electron chi connectivity index (χ1n) is 32.4. The van der Waals surface area contributed by atoms with Gasteiger partial charge in [-0.1, -0.05) is 255 Å². The van der Waals surface area contributed by atoms with Crippen LogP contribution in [-0.2, 0) is 81.5 Å². The average Bonchev–Trinajstić information content (AvgIpc) is 1.56. The number of hydrogen-bond donors (Lipinski definition) is 0. The van der Waals surface area contributed by atoms with Crippen molar-refractivity contribution in [3.8, 4) is 5.75 Å². The Hall–Kier alpha value is -6.49. The van der Waals surface area contributed by atoms with E-state index >= 15 is 0 Å². The number of ether oxygens (including phenoxy) is 6. The Labute approximate surface area is 561 Å². The van der Waals surface area contributed by atoms with Crippen LogP contribution in [0.25, 0.3) is 0 Å². The molecule has 0 N–H and O–H groups in total. The molecule has 1 aliphatic carbocycles. The van der Waals surface area contributed by atoms with Crippen molar-refractivity contribution in [3.63, 3.8) is 0 Å². The molecule has 15 nitrogen and oxygen atoms in total. The Kier molecular flexibility index (Phi) is 20.3. The molecule has 16 rings (SSSR count). The Bertz CT molecular complexity index is 3660. The lowest BCUT2D eigenvalue weighted by Gasteiger charge is -2.45. The van der Waals surface area contributed by atoms with Gasteiger partial charge in [0.05, 0.1) is 6.61 Å². The molecule has 490 valence electrons. The number of para-hydroxylation sites is 1. The minimum atomic E-state index is -1.86. The van der Waals surface area contributed by atoms with Gasteiger partial charge in [-0.15, -0.1) is 0 Å². The third-order valence-electron chi connectivity index (χ3n) is 17.8. The Morgan fingerprint density at radius 3 is 1.36 bits per heavy atom. The zero-order chi connectivity index (χ0) is 64.9. The molecule has 12 atom stereocenters. The predicted molar refractivity (Wildman–Crippen MR) is 368 cm³/mol. The molecule has 9 aromatic carbocycles. The van der Waals surface area contributed by atoms with Crippen LogP contribution in [-0.4, -0.2) is 104 Å². The van der Waals surface area contributed by atoms with E-state index in [1.54, 1.807) is 0 Å². The molecule has 0 bridgehead atoms. The summed E-state index contributed by atoms with van der Waals surface area (Å²) in [6.07, 6.45) is -2.21. The van der Waals surface area contributed by atoms with Gasteiger partial charge >= 0.3 is 0 Å². The third-order valence-corrected chi connectivity index (χ3v) is 22.4. The van der Waals surface area contributed by atoms with Crippen molar-refractivity contribution in [3.05, 3.63) is 317 Å². The van der Waals surface area contributed by atoms with Crippen LogP contribution < -0.4 is 4.74 Å². The van der Waals surface area contributed by atoms with Crippen LogP contribution >= 0.6 is 25.6 Å². The van der Waals surface area contributed by atoms with Gasteiger partial charge in [0.25, 0.3) is 25.6 Å². The van der Waals surface area contributed by atoms with E-state index in [4.69, 9.17) is 55.6 Å². The Morgan fingerprint density at radius 1 is 0.432 bits per heavy atom. The summed E-state index contributed by atoms with van der Waals surface area (Å²) in [7, 11) is 3.98. The van der Waals surface area contributed by atoms with Crippen molar-refractivity contribution in [1.82, 2.24) is 14.0 Å². The van der Waals surface area contributed by atoms with Gasteiger partial charge in [0.15, 0.2) is 29.4 Å². The zero-order valence-corrected chi connectivity index (χ0v) is 56.8. The first-order chi connectivity index (χ1) is 46.4. The molecular formula is C77H80N3O12P3. The number of rotatable bonds is 14. The second-order valence-electron chi connectivity index (χ2n) is 25.2. The lowest BCUT2D eigenvalue weighted by atomic mass is 9.72. The average molecular weight is 1330 g/mol. The Balaban J connectivity index is 0.000000146. The molecule has 7 aliphatic rings. The van der Waals surface area contributed by atoms with E-state index in [0.717, 1.165) is 51.1 Å². The molecule has 6 saturated heterocycles. The molecule has 9 aromatic rings. The molecule has 0 amide bonds. The van der Waals surface area contributed by atoms with Gasteiger partial charge in [-0.2, -0.15) is 0 Å². The van der Waals surface area contributed by atoms with Gasteiger partial charge < -0.3 is 55.6 Å². The quantitative estimate of drug-likeness (QED) is 0.0960. The van der Waals surface area contributed by atoms with E-state index in [9.17, 15) is 0 Å². The fourth-order valence-electron chi connectivity index (χ4n) is 13.4. The van der Waals surface area contributed by atoms with Crippen LogP contribution in [0.15, 0.2) is 267 Å². The summed E-state index contributed by atoms with van der Waals surface area (Å²) < 4.78 is 85.3. The van der Waals surface area contributed by atoms with Crippen molar-refractivity contribution in [2.45, 2.75) is 112 Å². The first-order valence-corrected chi connectivity index (χ1v) is 35.8. The monoisotopic (exact) mass is 1330 g/mol. The Morgan fingerprint density at radius 2 is 0.863 bits per heavy atom. The molecule has 0 saturated carbocycles. The molecule has 6 aliphatic heterocycles. The molecule has 18 heteroatoms. The molecule has 95 heavy (non-hydrogen) atoms. The fourth-order valence-corrected chi connectivity index (χ4v) is 18.0. The van der Waals surface area contributed by atoms with Gasteiger partial charge in [-0.25, -0.2) is 14.0 Å². The van der Waals surface area contributed by atoms with Crippen molar-refractivity contribution >= 4 is 25.6 Å². The van der Waals surface area contributed by atoms with Crippen molar-refractivity contribution in [1.29, 1.82) is 0 Å². The standard InChI is InChI=1S/C45H42NO4P.C21H24NO6P.C11H14NO2P/c1-43(2)47-41-42(48-43)45(39-29-17-7-18-30-39,40-31-19-8-20-32-40)50-51(46(33-35-21-9-3-10-22-35)34-36-23-11-4-12-24-36)49-44(41,37-25-13-5-14-26-37)38-27-15-6-16-28-38;1-22(2)29-27-18-17-16(13-23-20(26-17)14-9-5-3-6-10-14)25-21(19(18)28-29)24-15-11-7-4-8-12-15;1-12(2)15-13-10-7-8-5-3-4-6-9(8)11(10)14-15/h3-32,41-42H,33-34H2,1-2H3;3-12,16-21H,13H2,1-2H3;3-6,10-11H,7H2,1-2H3/t41-,42-;16?,17-,18+,19+,20?,21?,29?;10-,11+,15?/m111/s1. The predicted octanol–water partition coefficient (Wildman–Crippen LogP) is 16.3. The first kappa shape index (κ1) is 65.8. The van der Waals surface area contributed by atoms with Crippen LogP contribution in [0.1, 0.15) is 76.3 Å². The fraction of sp³-hybridized carbons (Fsp3) is 0.299. The highest BCUT2D eigenvalue weighted by Gasteiger charge is 2.68. The topological polar surface area (TPSA) is 120 Å². The third kappa shape index (κ3) is 14.0. The smallest absolute Gasteiger partial charge is 0.262 e. The van der Waals surface area contributed by atoms with E-state index in [1.807, 2.05) is 136 Å². The van der Waals surface area contributed by atoms with Crippen molar-refractivity contribution in [2.75, 3.05) is 34.8 Å². The molecule has 5 unspecified atom stereocenters. The molecule has 6 heterocycles. The van der Waals surface area contributed by atoms with Gasteiger partial charge in [-0.3, -0.25) is 0 Å². The second kappa shape index (κ2) is 29.3. The van der Waals surface area contributed by atoms with E-state index in [1.165, 1.54) is 11.1 Å². The molecule has 0 spiro atoms. The van der Waals surface area contributed by atoms with E-state index in [2.05, 4.69) is 187 Å². The number of benzene rings is 9. The minimum Gasteiger partial charge on any atom is -0.462 e. The van der Waals surface area contributed by atoms with Crippen LogP contribution in [0.4, 0.5) is 0 Å². The van der Waals surface area contributed by atoms with Gasteiger partial charge in [-0.05, 0) is 98.7 Å². The minimum absolute atomic E-state index is 0.162. The van der Waals surface area contributed by atoms with E-state index in [0.29, 0.717) is 19.7 Å². The highest BCUT2D eigenvalue weighted by Crippen LogP contribution is 2.67. The summed E-state index contributed by atoms with van der Waals surface area (Å²) in [5.41, 5.74) is 7.63. The summed E-state index contributed by atoms with van der Waals surface area (Å²) in [5, 5.41) is 0. The summed E-state index contributed by atoms with van der Waals surface area (Å²) >= 11 is 0. The normalized spacial score (nSPS) is 27.5. The van der Waals surface area contributed by atoms with Crippen LogP contribution in [0.2, 0.25) is 0 Å². The molecule has 0 aromatic heterocycles. The van der Waals surface area contributed by atoms with Crippen LogP contribution in [0.3, 0.4) is 0 Å². The van der Waals surface area contributed by atoms with Crippen LogP contribution in [0.5, 0.6) is 5.75 Å². The van der Waals surface area contributed by atoms with Gasteiger partial charge in [0.2, 0.25) is 6.29 Å². The second-order valence-corrected chi connectivity index (χ2v) is 30.0. The highest BCUT2D eigenvalue weighted by molar-refractivity contribution is 7.45. The zero-order valence-electron chi connectivity index (χ0n) is 54.1. The summed E-state index contributed by atoms with van der Waals surface area (Å²) in [6, 6.07) is 90.9. The number of fused-ring (bicyclic) bond motifs is 7. The van der Waals surface area contributed by atoms with Gasteiger partial charge in [0.1, 0.15) is 48.5 Å². The SMILES string of the molecule is CC1(C)O[C@@H]2[C@@H](O1)C(c1ccccc1)(c1ccccc1)OP(N(Cc1ccccc1)Cc1ccccc1)OC2(c1ccccc1)c1ccccc1.CN(C)P1O[C@@H]2Cc3ccccc3[C@@H]2O1.CN(C)P1O[C@H]2[C@@H]3OC(c4ccccc4)OCC3OC(Oc3ccccc3)[C@H]2O1. The maximum atomic E-state index is 7.85. The molecule has 6 fully saturated rings. The van der Waals surface area contributed by atoms with Crippen LogP contribution in [0, 0.1) is 0 Å². The molecular weight excluding hydrogens is 1250 g/mol. The highest BCUT2D eigenvalue weighted by atomic mass is 31.2. The van der Waals surface area contributed by atoms with E-state index in [-0.39, 0.29) is 36.6 Å². The van der Waals surface area contributed by atoms with Gasteiger partial charge in [0, 0.05) is 25.1 Å². The largest absolute Gasteiger partial charge is 0.462 e. The summed E-state index contributed by atoms with van der Waals surface area (Å²) in [6.45, 7) is 5.57.